The Labute approximate surface area is 140 Å². The summed E-state index contributed by atoms with van der Waals surface area (Å²) in [7, 11) is 0. The third kappa shape index (κ3) is 2.68. The van der Waals surface area contributed by atoms with E-state index in [-0.39, 0.29) is 5.91 Å². The number of aryl methyl sites for hydroxylation is 2. The summed E-state index contributed by atoms with van der Waals surface area (Å²) in [6.07, 6.45) is 5.18. The average molecular weight is 323 g/mol. The van der Waals surface area contributed by atoms with Crippen LogP contribution in [-0.2, 0) is 11.3 Å². The Bertz CT molecular complexity index is 865. The zero-order chi connectivity index (χ0) is 16.5. The maximum atomic E-state index is 12.5. The quantitative estimate of drug-likeness (QED) is 0.802. The normalized spacial score (nSPS) is 17.7. The van der Waals surface area contributed by atoms with Gasteiger partial charge < -0.3 is 9.47 Å². The van der Waals surface area contributed by atoms with Gasteiger partial charge in [-0.1, -0.05) is 12.1 Å². The number of aromatic amines is 1. The van der Waals surface area contributed by atoms with E-state index in [1.54, 1.807) is 0 Å². The van der Waals surface area contributed by atoms with Gasteiger partial charge in [-0.25, -0.2) is 4.98 Å². The number of likely N-dealkylation sites (tertiary alicyclic amines) is 1. The maximum absolute atomic E-state index is 12.5. The smallest absolute Gasteiger partial charge is 0.224 e. The van der Waals surface area contributed by atoms with Gasteiger partial charge in [-0.2, -0.15) is 5.10 Å². The summed E-state index contributed by atoms with van der Waals surface area (Å²) in [5.41, 5.74) is 4.41. The zero-order valence-corrected chi connectivity index (χ0v) is 13.8. The van der Waals surface area contributed by atoms with Gasteiger partial charge in [0, 0.05) is 37.7 Å². The van der Waals surface area contributed by atoms with Gasteiger partial charge in [0.25, 0.3) is 0 Å². The molecule has 0 unspecified atom stereocenters. The molecule has 0 saturated carbocycles. The van der Waals surface area contributed by atoms with E-state index in [0.717, 1.165) is 30.5 Å². The van der Waals surface area contributed by atoms with Gasteiger partial charge in [0.2, 0.25) is 5.91 Å². The number of aromatic nitrogens is 4. The number of carbonyl (C=O) groups is 1. The molecule has 1 amide bonds. The van der Waals surface area contributed by atoms with Crippen LogP contribution in [0.3, 0.4) is 0 Å². The first-order chi connectivity index (χ1) is 11.7. The van der Waals surface area contributed by atoms with Crippen molar-refractivity contribution in [1.29, 1.82) is 0 Å². The third-order valence-electron chi connectivity index (χ3n) is 4.91. The Hall–Kier alpha value is -2.63. The molecule has 1 aromatic carbocycles. The molecular formula is C18H21N5O. The molecule has 0 spiro atoms. The molecule has 1 fully saturated rings. The Morgan fingerprint density at radius 2 is 2.25 bits per heavy atom. The molecule has 0 radical (unpaired) electrons. The Balaban J connectivity index is 1.38. The fourth-order valence-electron chi connectivity index (χ4n) is 3.55. The van der Waals surface area contributed by atoms with E-state index in [2.05, 4.69) is 26.7 Å². The highest BCUT2D eigenvalue weighted by atomic mass is 16.2. The van der Waals surface area contributed by atoms with Gasteiger partial charge in [0.15, 0.2) is 0 Å². The van der Waals surface area contributed by atoms with Crippen LogP contribution in [0.4, 0.5) is 0 Å². The number of imidazole rings is 1. The maximum Gasteiger partial charge on any atom is 0.224 e. The summed E-state index contributed by atoms with van der Waals surface area (Å²) in [6.45, 7) is 4.34. The highest BCUT2D eigenvalue weighted by Gasteiger charge is 2.28. The van der Waals surface area contributed by atoms with E-state index in [4.69, 9.17) is 0 Å². The summed E-state index contributed by atoms with van der Waals surface area (Å²) < 4.78 is 2.06. The van der Waals surface area contributed by atoms with Crippen LogP contribution in [0.15, 0.2) is 36.8 Å². The first-order valence-electron chi connectivity index (χ1n) is 8.40. The number of rotatable bonds is 4. The molecular weight excluding hydrogens is 302 g/mol. The molecule has 4 rings (SSSR count). The second-order valence-corrected chi connectivity index (χ2v) is 6.47. The number of hydrogen-bond donors (Lipinski definition) is 1. The second kappa shape index (κ2) is 6.11. The first-order valence-corrected chi connectivity index (χ1v) is 8.40. The van der Waals surface area contributed by atoms with Crippen molar-refractivity contribution in [3.8, 4) is 0 Å². The molecule has 124 valence electrons. The standard InChI is InChI=1S/C18H21N5O/c1-13-10-20-21-18(13)14-6-8-22(11-14)17(24)7-9-23-12-19-15-4-2-3-5-16(15)23/h2-5,10,12,14H,6-9,11H2,1H3,(H,20,21)/t14-/m0/s1. The van der Waals surface area contributed by atoms with Crippen LogP contribution >= 0.6 is 0 Å². The number of H-pyrrole nitrogens is 1. The van der Waals surface area contributed by atoms with Crippen molar-refractivity contribution >= 4 is 16.9 Å². The van der Waals surface area contributed by atoms with Crippen molar-refractivity contribution in [3.63, 3.8) is 0 Å². The van der Waals surface area contributed by atoms with E-state index in [9.17, 15) is 4.79 Å². The molecule has 0 bridgehead atoms. The number of amides is 1. The molecule has 0 aliphatic carbocycles. The number of carbonyl (C=O) groups excluding carboxylic acids is 1. The van der Waals surface area contributed by atoms with Crippen molar-refractivity contribution in [2.75, 3.05) is 13.1 Å². The number of para-hydroxylation sites is 2. The lowest BCUT2D eigenvalue weighted by atomic mass is 10.0. The molecule has 3 heterocycles. The monoisotopic (exact) mass is 323 g/mol. The molecule has 3 aromatic rings. The van der Waals surface area contributed by atoms with Gasteiger partial charge in [0.1, 0.15) is 0 Å². The molecule has 2 aromatic heterocycles. The summed E-state index contributed by atoms with van der Waals surface area (Å²) in [4.78, 5) is 18.9. The zero-order valence-electron chi connectivity index (χ0n) is 13.8. The van der Waals surface area contributed by atoms with Crippen molar-refractivity contribution < 1.29 is 4.79 Å². The summed E-state index contributed by atoms with van der Waals surface area (Å²) >= 11 is 0. The van der Waals surface area contributed by atoms with Crippen molar-refractivity contribution in [3.05, 3.63) is 48.0 Å². The summed E-state index contributed by atoms with van der Waals surface area (Å²) in [5, 5.41) is 7.18. The van der Waals surface area contributed by atoms with Crippen LogP contribution in [0.25, 0.3) is 11.0 Å². The average Bonchev–Trinajstić information content (AvgIpc) is 3.31. The SMILES string of the molecule is Cc1cn[nH]c1[C@H]1CCN(C(=O)CCn2cnc3ccccc32)C1. The van der Waals surface area contributed by atoms with Crippen molar-refractivity contribution in [1.82, 2.24) is 24.6 Å². The van der Waals surface area contributed by atoms with Crippen LogP contribution in [0.5, 0.6) is 0 Å². The van der Waals surface area contributed by atoms with Crippen LogP contribution < -0.4 is 0 Å². The lowest BCUT2D eigenvalue weighted by Gasteiger charge is -2.17. The minimum Gasteiger partial charge on any atom is -0.342 e. The van der Waals surface area contributed by atoms with E-state index < -0.39 is 0 Å². The lowest BCUT2D eigenvalue weighted by Crippen LogP contribution is -2.29. The van der Waals surface area contributed by atoms with Gasteiger partial charge in [0.05, 0.1) is 23.6 Å². The number of benzene rings is 1. The largest absolute Gasteiger partial charge is 0.342 e. The Morgan fingerprint density at radius 1 is 1.38 bits per heavy atom. The van der Waals surface area contributed by atoms with E-state index in [1.807, 2.05) is 41.7 Å². The van der Waals surface area contributed by atoms with Crippen LogP contribution in [0.2, 0.25) is 0 Å². The Kier molecular flexibility index (Phi) is 3.80. The van der Waals surface area contributed by atoms with E-state index in [0.29, 0.717) is 18.9 Å². The summed E-state index contributed by atoms with van der Waals surface area (Å²) in [6, 6.07) is 8.01. The molecule has 1 aliphatic heterocycles. The molecule has 1 N–H and O–H groups in total. The Morgan fingerprint density at radius 3 is 3.08 bits per heavy atom. The predicted molar refractivity (Wildman–Crippen MR) is 91.6 cm³/mol. The van der Waals surface area contributed by atoms with Gasteiger partial charge >= 0.3 is 0 Å². The topological polar surface area (TPSA) is 66.8 Å². The van der Waals surface area contributed by atoms with Gasteiger partial charge in [-0.3, -0.25) is 9.89 Å². The molecule has 1 saturated heterocycles. The van der Waals surface area contributed by atoms with Crippen molar-refractivity contribution in [2.45, 2.75) is 32.2 Å². The highest BCUT2D eigenvalue weighted by Crippen LogP contribution is 2.28. The van der Waals surface area contributed by atoms with Crippen LogP contribution in [0.1, 0.15) is 30.0 Å². The minimum atomic E-state index is 0.215. The molecule has 6 nitrogen and oxygen atoms in total. The number of nitrogens with one attached hydrogen (secondary N) is 1. The first kappa shape index (κ1) is 14.9. The van der Waals surface area contributed by atoms with Crippen LogP contribution in [0, 0.1) is 6.92 Å². The lowest BCUT2D eigenvalue weighted by molar-refractivity contribution is -0.130. The van der Waals surface area contributed by atoms with Crippen LogP contribution in [-0.4, -0.2) is 43.6 Å². The number of fused-ring (bicyclic) bond motifs is 1. The number of nitrogens with zero attached hydrogens (tertiary/aromatic N) is 4. The fourth-order valence-corrected chi connectivity index (χ4v) is 3.55. The highest BCUT2D eigenvalue weighted by molar-refractivity contribution is 5.78. The fraction of sp³-hybridized carbons (Fsp3) is 0.389. The van der Waals surface area contributed by atoms with E-state index in [1.165, 1.54) is 11.3 Å². The third-order valence-corrected chi connectivity index (χ3v) is 4.91. The minimum absolute atomic E-state index is 0.215. The number of hydrogen-bond acceptors (Lipinski definition) is 3. The molecule has 1 atom stereocenters. The van der Waals surface area contributed by atoms with E-state index >= 15 is 0 Å². The van der Waals surface area contributed by atoms with Crippen molar-refractivity contribution in [2.24, 2.45) is 0 Å². The second-order valence-electron chi connectivity index (χ2n) is 6.47. The van der Waals surface area contributed by atoms with Gasteiger partial charge in [-0.05, 0) is 31.0 Å². The molecule has 24 heavy (non-hydrogen) atoms. The molecule has 1 aliphatic rings. The molecule has 6 heteroatoms. The summed E-state index contributed by atoms with van der Waals surface area (Å²) in [5.74, 6) is 0.595. The van der Waals surface area contributed by atoms with Gasteiger partial charge in [-0.15, -0.1) is 0 Å². The predicted octanol–water partition coefficient (Wildman–Crippen LogP) is 2.47.